The van der Waals surface area contributed by atoms with Gasteiger partial charge in [0.15, 0.2) is 0 Å². The van der Waals surface area contributed by atoms with Crippen LogP contribution in [0.15, 0.2) is 29.2 Å². The molecule has 6 heteroatoms. The van der Waals surface area contributed by atoms with Gasteiger partial charge in [-0.05, 0) is 36.1 Å². The maximum absolute atomic E-state index is 12.8. The number of carbonyl (C=O) groups is 1. The van der Waals surface area contributed by atoms with Crippen molar-refractivity contribution in [3.8, 4) is 0 Å². The lowest BCUT2D eigenvalue weighted by atomic mass is 10.0. The minimum atomic E-state index is -0.220. The predicted octanol–water partition coefficient (Wildman–Crippen LogP) is 2.41. The Morgan fingerprint density at radius 2 is 1.86 bits per heavy atom. The van der Waals surface area contributed by atoms with E-state index in [1.54, 1.807) is 23.9 Å². The van der Waals surface area contributed by atoms with E-state index in [0.29, 0.717) is 18.3 Å². The van der Waals surface area contributed by atoms with Crippen LogP contribution in [-0.2, 0) is 4.79 Å². The molecule has 116 valence electrons. The molecule has 0 spiro atoms. The van der Waals surface area contributed by atoms with Crippen molar-refractivity contribution in [2.24, 2.45) is 11.8 Å². The average Bonchev–Trinajstić information content (AvgIpc) is 3.02. The molecule has 2 fully saturated rings. The predicted molar refractivity (Wildman–Crippen MR) is 85.4 cm³/mol. The average molecular weight is 331 g/mol. The summed E-state index contributed by atoms with van der Waals surface area (Å²) in [5.74, 6) is 2.11. The number of amides is 1. The van der Waals surface area contributed by atoms with E-state index in [0.717, 1.165) is 36.8 Å². The fraction of sp³-hybridized carbons (Fsp3) is 0.533. The number of halogens is 2. The first-order chi connectivity index (χ1) is 9.72. The zero-order valence-corrected chi connectivity index (χ0v) is 13.4. The van der Waals surface area contributed by atoms with Crippen molar-refractivity contribution in [1.82, 2.24) is 10.2 Å². The van der Waals surface area contributed by atoms with Crippen LogP contribution in [0.4, 0.5) is 4.39 Å². The van der Waals surface area contributed by atoms with Crippen LogP contribution < -0.4 is 5.32 Å². The van der Waals surface area contributed by atoms with Gasteiger partial charge < -0.3 is 10.2 Å². The van der Waals surface area contributed by atoms with Gasteiger partial charge in [-0.3, -0.25) is 4.79 Å². The summed E-state index contributed by atoms with van der Waals surface area (Å²) in [5.41, 5.74) is 0. The second kappa shape index (κ2) is 7.47. The van der Waals surface area contributed by atoms with Crippen LogP contribution in [0, 0.1) is 17.7 Å². The summed E-state index contributed by atoms with van der Waals surface area (Å²) in [6.45, 7) is 3.94. The number of nitrogens with one attached hydrogen (secondary N) is 1. The van der Waals surface area contributed by atoms with Crippen molar-refractivity contribution < 1.29 is 9.18 Å². The summed E-state index contributed by atoms with van der Waals surface area (Å²) in [4.78, 5) is 15.2. The third-order valence-corrected chi connectivity index (χ3v) is 5.15. The minimum absolute atomic E-state index is 0. The van der Waals surface area contributed by atoms with E-state index in [2.05, 4.69) is 5.32 Å². The molecule has 3 nitrogen and oxygen atoms in total. The summed E-state index contributed by atoms with van der Waals surface area (Å²) in [6, 6.07) is 6.43. The molecule has 0 saturated carbocycles. The van der Waals surface area contributed by atoms with Gasteiger partial charge in [-0.2, -0.15) is 0 Å². The van der Waals surface area contributed by atoms with Crippen LogP contribution >= 0.6 is 24.2 Å². The van der Waals surface area contributed by atoms with E-state index >= 15 is 0 Å². The number of nitrogens with zero attached hydrogens (tertiary/aromatic N) is 1. The molecule has 0 aromatic heterocycles. The maximum atomic E-state index is 12.8. The van der Waals surface area contributed by atoms with Crippen LogP contribution in [-0.4, -0.2) is 42.7 Å². The number of benzene rings is 1. The number of fused-ring (bicyclic) bond motifs is 1. The molecular formula is C15H20ClFN2OS. The van der Waals surface area contributed by atoms with Crippen LogP contribution in [0.1, 0.15) is 6.42 Å². The lowest BCUT2D eigenvalue weighted by Gasteiger charge is -2.17. The SMILES string of the molecule is Cl.O=C(CCSc1ccc(F)cc1)N1C[C@H]2CNC[C@H]2C1. The van der Waals surface area contributed by atoms with Gasteiger partial charge in [0.25, 0.3) is 0 Å². The quantitative estimate of drug-likeness (QED) is 0.860. The maximum Gasteiger partial charge on any atom is 0.223 e. The summed E-state index contributed by atoms with van der Waals surface area (Å²) in [6.07, 6.45) is 0.564. The fourth-order valence-electron chi connectivity index (χ4n) is 3.00. The Kier molecular flexibility index (Phi) is 5.90. The molecule has 2 atom stereocenters. The van der Waals surface area contributed by atoms with Crippen molar-refractivity contribution >= 4 is 30.1 Å². The van der Waals surface area contributed by atoms with Crippen LogP contribution in [0.25, 0.3) is 0 Å². The van der Waals surface area contributed by atoms with Gasteiger partial charge in [-0.25, -0.2) is 4.39 Å². The number of hydrogen-bond donors (Lipinski definition) is 1. The lowest BCUT2D eigenvalue weighted by Crippen LogP contribution is -2.32. The number of rotatable bonds is 4. The van der Waals surface area contributed by atoms with E-state index in [9.17, 15) is 9.18 Å². The Bertz CT molecular complexity index is 473. The molecule has 2 aliphatic heterocycles. The van der Waals surface area contributed by atoms with E-state index in [4.69, 9.17) is 0 Å². The molecule has 0 radical (unpaired) electrons. The molecule has 2 saturated heterocycles. The normalized spacial score (nSPS) is 23.8. The summed E-state index contributed by atoms with van der Waals surface area (Å²) >= 11 is 1.61. The van der Waals surface area contributed by atoms with Crippen LogP contribution in [0.5, 0.6) is 0 Å². The Balaban J connectivity index is 0.00000161. The number of thioether (sulfide) groups is 1. The highest BCUT2D eigenvalue weighted by atomic mass is 35.5. The van der Waals surface area contributed by atoms with E-state index in [1.165, 1.54) is 12.1 Å². The van der Waals surface area contributed by atoms with E-state index < -0.39 is 0 Å². The van der Waals surface area contributed by atoms with Gasteiger partial charge in [0, 0.05) is 43.2 Å². The largest absolute Gasteiger partial charge is 0.342 e. The highest BCUT2D eigenvalue weighted by Gasteiger charge is 2.37. The molecular weight excluding hydrogens is 311 g/mol. The summed E-state index contributed by atoms with van der Waals surface area (Å²) in [5, 5.41) is 3.38. The molecule has 3 rings (SSSR count). The molecule has 0 aliphatic carbocycles. The molecule has 0 unspecified atom stereocenters. The zero-order valence-electron chi connectivity index (χ0n) is 11.8. The standard InChI is InChI=1S/C15H19FN2OS.ClH/c16-13-1-3-14(4-2-13)20-6-5-15(19)18-9-11-7-17-8-12(11)10-18;/h1-4,11-12,17H,5-10H2;1H/t11-,12+;. The molecule has 1 aromatic rings. The minimum Gasteiger partial charge on any atom is -0.342 e. The summed E-state index contributed by atoms with van der Waals surface area (Å²) in [7, 11) is 0. The third kappa shape index (κ3) is 4.11. The summed E-state index contributed by atoms with van der Waals surface area (Å²) < 4.78 is 12.8. The molecule has 0 bridgehead atoms. The van der Waals surface area contributed by atoms with Gasteiger partial charge in [-0.15, -0.1) is 24.2 Å². The molecule has 2 heterocycles. The lowest BCUT2D eigenvalue weighted by molar-refractivity contribution is -0.129. The second-order valence-corrected chi connectivity index (χ2v) is 6.70. The zero-order chi connectivity index (χ0) is 13.9. The van der Waals surface area contributed by atoms with Crippen molar-refractivity contribution in [2.75, 3.05) is 31.9 Å². The van der Waals surface area contributed by atoms with Crippen molar-refractivity contribution in [2.45, 2.75) is 11.3 Å². The Hall–Kier alpha value is -0.780. The Labute approximate surface area is 135 Å². The van der Waals surface area contributed by atoms with Crippen LogP contribution in [0.3, 0.4) is 0 Å². The highest BCUT2D eigenvalue weighted by molar-refractivity contribution is 7.99. The number of likely N-dealkylation sites (tertiary alicyclic amines) is 1. The Morgan fingerprint density at radius 3 is 2.48 bits per heavy atom. The molecule has 1 amide bonds. The first-order valence-electron chi connectivity index (χ1n) is 7.09. The van der Waals surface area contributed by atoms with E-state index in [-0.39, 0.29) is 24.1 Å². The number of carbonyl (C=O) groups excluding carboxylic acids is 1. The first kappa shape index (κ1) is 16.6. The van der Waals surface area contributed by atoms with Gasteiger partial charge >= 0.3 is 0 Å². The first-order valence-corrected chi connectivity index (χ1v) is 8.08. The molecule has 1 N–H and O–H groups in total. The van der Waals surface area contributed by atoms with Gasteiger partial charge in [0.2, 0.25) is 5.91 Å². The van der Waals surface area contributed by atoms with Gasteiger partial charge in [-0.1, -0.05) is 0 Å². The molecule has 1 aromatic carbocycles. The molecule has 2 aliphatic rings. The van der Waals surface area contributed by atoms with Crippen LogP contribution in [0.2, 0.25) is 0 Å². The third-order valence-electron chi connectivity index (χ3n) is 4.14. The molecule has 21 heavy (non-hydrogen) atoms. The van der Waals surface area contributed by atoms with Crippen molar-refractivity contribution in [3.63, 3.8) is 0 Å². The van der Waals surface area contributed by atoms with Gasteiger partial charge in [0.05, 0.1) is 0 Å². The topological polar surface area (TPSA) is 32.3 Å². The van der Waals surface area contributed by atoms with E-state index in [1.807, 2.05) is 4.90 Å². The van der Waals surface area contributed by atoms with Crippen molar-refractivity contribution in [3.05, 3.63) is 30.1 Å². The van der Waals surface area contributed by atoms with Crippen molar-refractivity contribution in [1.29, 1.82) is 0 Å². The Morgan fingerprint density at radius 1 is 1.24 bits per heavy atom. The highest BCUT2D eigenvalue weighted by Crippen LogP contribution is 2.27. The number of hydrogen-bond acceptors (Lipinski definition) is 3. The smallest absolute Gasteiger partial charge is 0.223 e. The monoisotopic (exact) mass is 330 g/mol. The van der Waals surface area contributed by atoms with Gasteiger partial charge in [0.1, 0.15) is 5.82 Å². The fourth-order valence-corrected chi connectivity index (χ4v) is 3.85. The second-order valence-electron chi connectivity index (χ2n) is 5.53.